The molecule has 1 saturated heterocycles. The SMILES string of the molecule is O=C1OCc2c(cc3n(c2=O)Cc2c-3nc3ccc(Br)cc3c2CN2CCOCC2)C1O. The lowest BCUT2D eigenvalue weighted by molar-refractivity contribution is -0.157. The number of halogens is 1. The highest BCUT2D eigenvalue weighted by Crippen LogP contribution is 2.38. The summed E-state index contributed by atoms with van der Waals surface area (Å²) < 4.78 is 13.2. The average Bonchev–Trinajstić information content (AvgIpc) is 3.16. The molecule has 32 heavy (non-hydrogen) atoms. The first kappa shape index (κ1) is 20.0. The summed E-state index contributed by atoms with van der Waals surface area (Å²) in [5.74, 6) is -0.732. The highest BCUT2D eigenvalue weighted by atomic mass is 79.9. The number of rotatable bonds is 2. The fourth-order valence-electron chi connectivity index (χ4n) is 4.84. The highest BCUT2D eigenvalue weighted by Gasteiger charge is 2.35. The fraction of sp³-hybridized carbons (Fsp3) is 0.348. The van der Waals surface area contributed by atoms with E-state index in [1.54, 1.807) is 10.6 Å². The molecule has 5 heterocycles. The van der Waals surface area contributed by atoms with E-state index in [0.717, 1.165) is 51.8 Å². The highest BCUT2D eigenvalue weighted by molar-refractivity contribution is 9.10. The zero-order chi connectivity index (χ0) is 22.0. The number of aliphatic hydroxyl groups excluding tert-OH is 1. The molecule has 2 aromatic heterocycles. The fourth-order valence-corrected chi connectivity index (χ4v) is 5.21. The Labute approximate surface area is 191 Å². The summed E-state index contributed by atoms with van der Waals surface area (Å²) in [5.41, 5.74) is 4.75. The summed E-state index contributed by atoms with van der Waals surface area (Å²) in [6, 6.07) is 7.72. The molecule has 0 bridgehead atoms. The Kier molecular flexibility index (Phi) is 4.69. The van der Waals surface area contributed by atoms with Gasteiger partial charge in [0.1, 0.15) is 6.61 Å². The standard InChI is InChI=1S/C23H20BrN3O5/c24-12-1-2-18-13(7-12)15(9-26-3-5-31-6-4-26)16-10-27-19(20(16)25-18)8-14-17(22(27)29)11-32-23(30)21(14)28/h1-2,7-8,21,28H,3-6,9-11H2. The molecule has 1 unspecified atom stereocenters. The quantitative estimate of drug-likeness (QED) is 0.423. The number of hydrogen-bond acceptors (Lipinski definition) is 7. The molecule has 0 saturated carbocycles. The van der Waals surface area contributed by atoms with Gasteiger partial charge in [-0.2, -0.15) is 0 Å². The van der Waals surface area contributed by atoms with Crippen molar-refractivity contribution in [2.75, 3.05) is 26.3 Å². The zero-order valence-corrected chi connectivity index (χ0v) is 18.7. The number of pyridine rings is 2. The second-order valence-electron chi connectivity index (χ2n) is 8.33. The van der Waals surface area contributed by atoms with Gasteiger partial charge < -0.3 is 19.1 Å². The van der Waals surface area contributed by atoms with Crippen molar-refractivity contribution < 1.29 is 19.4 Å². The van der Waals surface area contributed by atoms with Crippen LogP contribution in [0.15, 0.2) is 33.5 Å². The monoisotopic (exact) mass is 497 g/mol. The number of esters is 1. The van der Waals surface area contributed by atoms with E-state index in [0.29, 0.717) is 36.6 Å². The minimum absolute atomic E-state index is 0.121. The van der Waals surface area contributed by atoms with Gasteiger partial charge >= 0.3 is 5.97 Å². The normalized spacial score (nSPS) is 20.1. The van der Waals surface area contributed by atoms with Gasteiger partial charge in [-0.05, 0) is 29.8 Å². The molecule has 0 aliphatic carbocycles. The molecule has 0 spiro atoms. The first-order valence-corrected chi connectivity index (χ1v) is 11.3. The molecule has 164 valence electrons. The van der Waals surface area contributed by atoms with Gasteiger partial charge in [-0.3, -0.25) is 9.69 Å². The zero-order valence-electron chi connectivity index (χ0n) is 17.1. The van der Waals surface area contributed by atoms with Crippen molar-refractivity contribution in [2.45, 2.75) is 25.8 Å². The molecular weight excluding hydrogens is 478 g/mol. The summed E-state index contributed by atoms with van der Waals surface area (Å²) in [5, 5.41) is 11.4. The summed E-state index contributed by atoms with van der Waals surface area (Å²) >= 11 is 3.58. The number of aromatic nitrogens is 2. The van der Waals surface area contributed by atoms with Gasteiger partial charge in [-0.1, -0.05) is 15.9 Å². The van der Waals surface area contributed by atoms with Crippen LogP contribution in [0.3, 0.4) is 0 Å². The number of hydrogen-bond donors (Lipinski definition) is 1. The van der Waals surface area contributed by atoms with Crippen LogP contribution in [0.25, 0.3) is 22.3 Å². The van der Waals surface area contributed by atoms with Gasteiger partial charge in [0.2, 0.25) is 0 Å². The molecule has 9 heteroatoms. The first-order valence-electron chi connectivity index (χ1n) is 10.5. The maximum absolute atomic E-state index is 13.3. The van der Waals surface area contributed by atoms with E-state index in [4.69, 9.17) is 14.5 Å². The molecule has 3 aliphatic rings. The summed E-state index contributed by atoms with van der Waals surface area (Å²) in [7, 11) is 0. The predicted molar refractivity (Wildman–Crippen MR) is 119 cm³/mol. The number of aliphatic hydroxyl groups is 1. The van der Waals surface area contributed by atoms with E-state index >= 15 is 0 Å². The Hall–Kier alpha value is -2.59. The van der Waals surface area contributed by atoms with Crippen molar-refractivity contribution in [1.82, 2.24) is 14.5 Å². The molecule has 0 amide bonds. The van der Waals surface area contributed by atoms with Crippen LogP contribution in [0, 0.1) is 0 Å². The first-order chi connectivity index (χ1) is 15.5. The van der Waals surface area contributed by atoms with Gasteiger partial charge in [0, 0.05) is 40.6 Å². The number of morpholine rings is 1. The number of fused-ring (bicyclic) bond motifs is 5. The molecule has 3 aliphatic heterocycles. The van der Waals surface area contributed by atoms with Crippen LogP contribution in [0.2, 0.25) is 0 Å². The van der Waals surface area contributed by atoms with Gasteiger partial charge in [-0.25, -0.2) is 9.78 Å². The number of carbonyl (C=O) groups is 1. The van der Waals surface area contributed by atoms with E-state index in [1.807, 2.05) is 12.1 Å². The van der Waals surface area contributed by atoms with Crippen molar-refractivity contribution in [3.05, 3.63) is 61.3 Å². The van der Waals surface area contributed by atoms with Crippen molar-refractivity contribution >= 4 is 32.8 Å². The van der Waals surface area contributed by atoms with Crippen LogP contribution in [0.1, 0.15) is 28.4 Å². The molecule has 8 nitrogen and oxygen atoms in total. The Morgan fingerprint density at radius 3 is 2.78 bits per heavy atom. The van der Waals surface area contributed by atoms with Crippen LogP contribution in [-0.4, -0.2) is 51.8 Å². The Balaban J connectivity index is 1.57. The van der Waals surface area contributed by atoms with E-state index in [9.17, 15) is 14.7 Å². The predicted octanol–water partition coefficient (Wildman–Crippen LogP) is 2.11. The second-order valence-corrected chi connectivity index (χ2v) is 9.25. The lowest BCUT2D eigenvalue weighted by Gasteiger charge is -2.28. The Bertz CT molecular complexity index is 1350. The number of cyclic esters (lactones) is 1. The number of carbonyl (C=O) groups excluding carboxylic acids is 1. The van der Waals surface area contributed by atoms with Gasteiger partial charge in [0.05, 0.1) is 42.2 Å². The largest absolute Gasteiger partial charge is 0.458 e. The molecule has 3 aromatic rings. The van der Waals surface area contributed by atoms with Crippen LogP contribution in [-0.2, 0) is 34.0 Å². The van der Waals surface area contributed by atoms with Crippen molar-refractivity contribution in [3.63, 3.8) is 0 Å². The van der Waals surface area contributed by atoms with Crippen molar-refractivity contribution in [2.24, 2.45) is 0 Å². The third-order valence-electron chi connectivity index (χ3n) is 6.52. The molecule has 1 atom stereocenters. The van der Waals surface area contributed by atoms with Crippen LogP contribution >= 0.6 is 15.9 Å². The van der Waals surface area contributed by atoms with Gasteiger partial charge in [0.15, 0.2) is 6.10 Å². The summed E-state index contributed by atoms with van der Waals surface area (Å²) in [6.45, 7) is 4.10. The molecular formula is C23H20BrN3O5. The second kappa shape index (κ2) is 7.48. The third-order valence-corrected chi connectivity index (χ3v) is 7.02. The van der Waals surface area contributed by atoms with E-state index in [1.165, 1.54) is 0 Å². The molecule has 6 rings (SSSR count). The minimum Gasteiger partial charge on any atom is -0.458 e. The lowest BCUT2D eigenvalue weighted by Crippen LogP contribution is -2.36. The van der Waals surface area contributed by atoms with Crippen LogP contribution in [0.4, 0.5) is 0 Å². The topological polar surface area (TPSA) is 93.9 Å². The van der Waals surface area contributed by atoms with Crippen molar-refractivity contribution in [3.8, 4) is 11.4 Å². The van der Waals surface area contributed by atoms with Crippen molar-refractivity contribution in [1.29, 1.82) is 0 Å². The van der Waals surface area contributed by atoms with Crippen LogP contribution < -0.4 is 5.56 Å². The Morgan fingerprint density at radius 2 is 1.97 bits per heavy atom. The summed E-state index contributed by atoms with van der Waals surface area (Å²) in [4.78, 5) is 32.4. The van der Waals surface area contributed by atoms with E-state index in [-0.39, 0.29) is 12.2 Å². The van der Waals surface area contributed by atoms with Crippen LogP contribution in [0.5, 0.6) is 0 Å². The smallest absolute Gasteiger partial charge is 0.340 e. The Morgan fingerprint density at radius 1 is 1.16 bits per heavy atom. The lowest BCUT2D eigenvalue weighted by atomic mass is 9.98. The molecule has 1 N–H and O–H groups in total. The number of ether oxygens (including phenoxy) is 2. The van der Waals surface area contributed by atoms with E-state index < -0.39 is 12.1 Å². The molecule has 1 fully saturated rings. The van der Waals surface area contributed by atoms with E-state index in [2.05, 4.69) is 26.9 Å². The van der Waals surface area contributed by atoms with Gasteiger partial charge in [0.25, 0.3) is 5.56 Å². The third kappa shape index (κ3) is 3.03. The molecule has 0 radical (unpaired) electrons. The maximum atomic E-state index is 13.3. The maximum Gasteiger partial charge on any atom is 0.340 e. The average molecular weight is 498 g/mol. The minimum atomic E-state index is -1.45. The number of nitrogens with zero attached hydrogens (tertiary/aromatic N) is 3. The molecule has 1 aromatic carbocycles. The number of benzene rings is 1. The summed E-state index contributed by atoms with van der Waals surface area (Å²) in [6.07, 6.45) is -1.45. The van der Waals surface area contributed by atoms with Gasteiger partial charge in [-0.15, -0.1) is 0 Å².